The number of nitrogens with zero attached hydrogens (tertiary/aromatic N) is 3. The molecule has 1 heterocycles. The van der Waals surface area contributed by atoms with Crippen LogP contribution in [0.5, 0.6) is 0 Å². The first kappa shape index (κ1) is 20.5. The van der Waals surface area contributed by atoms with Crippen LogP contribution in [0.2, 0.25) is 0 Å². The van der Waals surface area contributed by atoms with Crippen LogP contribution in [0.25, 0.3) is 11.5 Å². The molecule has 2 aromatic carbocycles. The van der Waals surface area contributed by atoms with E-state index in [4.69, 9.17) is 10.2 Å². The van der Waals surface area contributed by atoms with Crippen molar-refractivity contribution in [3.63, 3.8) is 0 Å². The van der Waals surface area contributed by atoms with Gasteiger partial charge < -0.3 is 15.1 Å². The lowest BCUT2D eigenvalue weighted by atomic mass is 10.1. The Kier molecular flexibility index (Phi) is 6.61. The zero-order valence-electron chi connectivity index (χ0n) is 15.7. The molecular weight excluding hydrogens is 395 g/mol. The van der Waals surface area contributed by atoms with Gasteiger partial charge in [-0.3, -0.25) is 9.59 Å². The molecule has 0 fully saturated rings. The fourth-order valence-corrected chi connectivity index (χ4v) is 3.16. The predicted octanol–water partition coefficient (Wildman–Crippen LogP) is 3.18. The van der Waals surface area contributed by atoms with Crippen molar-refractivity contribution >= 4 is 29.3 Å². The second kappa shape index (κ2) is 9.33. The average molecular weight is 414 g/mol. The van der Waals surface area contributed by atoms with Crippen molar-refractivity contribution in [2.24, 2.45) is 5.73 Å². The van der Waals surface area contributed by atoms with Crippen LogP contribution in [0.15, 0.2) is 58.2 Å². The molecule has 1 aromatic heterocycles. The van der Waals surface area contributed by atoms with Crippen molar-refractivity contribution < 1.29 is 18.4 Å². The Bertz CT molecular complexity index is 990. The lowest BCUT2D eigenvalue weighted by Crippen LogP contribution is -2.35. The van der Waals surface area contributed by atoms with Crippen LogP contribution in [-0.4, -0.2) is 34.3 Å². The van der Waals surface area contributed by atoms with Crippen molar-refractivity contribution in [1.82, 2.24) is 10.2 Å². The second-order valence-electron chi connectivity index (χ2n) is 6.27. The van der Waals surface area contributed by atoms with Gasteiger partial charge in [0.1, 0.15) is 5.82 Å². The number of nitrogens with two attached hydrogens (primary N) is 1. The molecule has 0 unspecified atom stereocenters. The van der Waals surface area contributed by atoms with Crippen molar-refractivity contribution in [1.29, 1.82) is 0 Å². The summed E-state index contributed by atoms with van der Waals surface area (Å²) in [6.45, 7) is 2.08. The molecule has 7 nitrogen and oxygen atoms in total. The lowest BCUT2D eigenvalue weighted by Gasteiger charge is -2.22. The molecule has 0 aliphatic heterocycles. The number of anilines is 1. The maximum atomic E-state index is 13.2. The van der Waals surface area contributed by atoms with E-state index >= 15 is 0 Å². The third kappa shape index (κ3) is 5.64. The van der Waals surface area contributed by atoms with Gasteiger partial charge in [0.15, 0.2) is 0 Å². The van der Waals surface area contributed by atoms with Crippen LogP contribution in [0.3, 0.4) is 0 Å². The maximum Gasteiger partial charge on any atom is 0.277 e. The van der Waals surface area contributed by atoms with Gasteiger partial charge in [-0.1, -0.05) is 29.5 Å². The summed E-state index contributed by atoms with van der Waals surface area (Å²) in [4.78, 5) is 25.2. The second-order valence-corrected chi connectivity index (χ2v) is 7.19. The fraction of sp³-hybridized carbons (Fsp3) is 0.200. The topological polar surface area (TPSA) is 102 Å². The van der Waals surface area contributed by atoms with Crippen LogP contribution in [-0.2, 0) is 9.59 Å². The number of hydrogen-bond acceptors (Lipinski definition) is 6. The number of aryl methyl sites for hydroxylation is 1. The van der Waals surface area contributed by atoms with Gasteiger partial charge in [-0.2, -0.15) is 0 Å². The molecule has 150 valence electrons. The minimum atomic E-state index is -0.530. The average Bonchev–Trinajstić information content (AvgIpc) is 3.17. The largest absolute Gasteiger partial charge is 0.411 e. The number of halogens is 1. The molecule has 3 aromatic rings. The van der Waals surface area contributed by atoms with Crippen molar-refractivity contribution in [2.45, 2.75) is 18.6 Å². The van der Waals surface area contributed by atoms with E-state index in [-0.39, 0.29) is 29.8 Å². The summed E-state index contributed by atoms with van der Waals surface area (Å²) < 4.78 is 18.8. The summed E-state index contributed by atoms with van der Waals surface area (Å²) in [6.07, 6.45) is -0.00802. The Labute approximate surface area is 171 Å². The van der Waals surface area contributed by atoms with E-state index in [2.05, 4.69) is 10.2 Å². The Morgan fingerprint density at radius 3 is 2.45 bits per heavy atom. The summed E-state index contributed by atoms with van der Waals surface area (Å²) in [5, 5.41) is 8.21. The Balaban J connectivity index is 1.67. The minimum Gasteiger partial charge on any atom is -0.411 e. The first-order valence-corrected chi connectivity index (χ1v) is 9.78. The van der Waals surface area contributed by atoms with Crippen LogP contribution in [0, 0.1) is 12.7 Å². The molecule has 2 amide bonds. The van der Waals surface area contributed by atoms with Crippen LogP contribution >= 0.6 is 11.8 Å². The Hall–Kier alpha value is -3.20. The van der Waals surface area contributed by atoms with Crippen LogP contribution in [0.4, 0.5) is 10.1 Å². The first-order chi connectivity index (χ1) is 13.9. The van der Waals surface area contributed by atoms with Gasteiger partial charge in [-0.25, -0.2) is 4.39 Å². The Morgan fingerprint density at radius 1 is 1.10 bits per heavy atom. The van der Waals surface area contributed by atoms with Crippen molar-refractivity contribution in [3.8, 4) is 11.5 Å². The number of benzene rings is 2. The fourth-order valence-electron chi connectivity index (χ4n) is 2.52. The monoisotopic (exact) mass is 414 g/mol. The maximum absolute atomic E-state index is 13.2. The summed E-state index contributed by atoms with van der Waals surface area (Å²) in [7, 11) is 0. The van der Waals surface area contributed by atoms with Gasteiger partial charge in [-0.15, -0.1) is 10.2 Å². The third-order valence-corrected chi connectivity index (χ3v) is 4.85. The number of aromatic nitrogens is 2. The molecule has 3 rings (SSSR count). The van der Waals surface area contributed by atoms with Gasteiger partial charge >= 0.3 is 0 Å². The van der Waals surface area contributed by atoms with Gasteiger partial charge in [0.25, 0.3) is 5.22 Å². The highest BCUT2D eigenvalue weighted by atomic mass is 32.2. The SMILES string of the molecule is Cc1ccc(-c2nnc(SCC(=O)N(CCC(N)=O)c3ccc(F)cc3)o2)cc1. The molecule has 0 aliphatic rings. The molecular formula is C20H19FN4O3S. The van der Waals surface area contributed by atoms with E-state index < -0.39 is 11.7 Å². The van der Waals surface area contributed by atoms with Crippen molar-refractivity contribution in [3.05, 3.63) is 59.9 Å². The van der Waals surface area contributed by atoms with Crippen LogP contribution < -0.4 is 10.6 Å². The molecule has 0 atom stereocenters. The van der Waals surface area contributed by atoms with E-state index in [1.807, 2.05) is 31.2 Å². The van der Waals surface area contributed by atoms with E-state index in [9.17, 15) is 14.0 Å². The summed E-state index contributed by atoms with van der Waals surface area (Å²) >= 11 is 1.09. The van der Waals surface area contributed by atoms with E-state index in [1.54, 1.807) is 0 Å². The standard InChI is InChI=1S/C20H19FN4O3S/c1-13-2-4-14(5-3-13)19-23-24-20(28-19)29-12-18(27)25(11-10-17(22)26)16-8-6-15(21)7-9-16/h2-9H,10-12H2,1H3,(H2,22,26). The zero-order chi connectivity index (χ0) is 20.8. The van der Waals surface area contributed by atoms with E-state index in [0.717, 1.165) is 22.9 Å². The predicted molar refractivity (Wildman–Crippen MR) is 108 cm³/mol. The summed E-state index contributed by atoms with van der Waals surface area (Å²) in [5.41, 5.74) is 7.58. The molecule has 9 heteroatoms. The summed E-state index contributed by atoms with van der Waals surface area (Å²) in [5.74, 6) is -0.870. The number of carbonyl (C=O) groups excluding carboxylic acids is 2. The first-order valence-electron chi connectivity index (χ1n) is 8.80. The molecule has 2 N–H and O–H groups in total. The molecule has 0 aliphatic carbocycles. The number of carbonyl (C=O) groups is 2. The highest BCUT2D eigenvalue weighted by Gasteiger charge is 2.19. The quantitative estimate of drug-likeness (QED) is 0.568. The van der Waals surface area contributed by atoms with E-state index in [1.165, 1.54) is 29.2 Å². The van der Waals surface area contributed by atoms with Gasteiger partial charge in [0, 0.05) is 24.2 Å². The molecule has 0 radical (unpaired) electrons. The lowest BCUT2D eigenvalue weighted by molar-refractivity contribution is -0.118. The van der Waals surface area contributed by atoms with Gasteiger partial charge in [0.05, 0.1) is 5.75 Å². The molecule has 0 saturated carbocycles. The highest BCUT2D eigenvalue weighted by molar-refractivity contribution is 7.99. The third-order valence-electron chi connectivity index (χ3n) is 4.05. The number of thioether (sulfide) groups is 1. The number of primary amides is 1. The summed E-state index contributed by atoms with van der Waals surface area (Å²) in [6, 6.07) is 13.1. The normalized spacial score (nSPS) is 10.7. The van der Waals surface area contributed by atoms with Crippen molar-refractivity contribution in [2.75, 3.05) is 17.2 Å². The number of hydrogen-bond donors (Lipinski definition) is 1. The van der Waals surface area contributed by atoms with E-state index in [0.29, 0.717) is 11.6 Å². The number of rotatable bonds is 8. The highest BCUT2D eigenvalue weighted by Crippen LogP contribution is 2.24. The van der Waals surface area contributed by atoms with Gasteiger partial charge in [0.2, 0.25) is 17.7 Å². The smallest absolute Gasteiger partial charge is 0.277 e. The van der Waals surface area contributed by atoms with Crippen LogP contribution in [0.1, 0.15) is 12.0 Å². The zero-order valence-corrected chi connectivity index (χ0v) is 16.5. The number of amides is 2. The molecule has 0 bridgehead atoms. The van der Waals surface area contributed by atoms with Gasteiger partial charge in [-0.05, 0) is 43.3 Å². The molecule has 0 saturated heterocycles. The Morgan fingerprint density at radius 2 is 1.79 bits per heavy atom. The molecule has 29 heavy (non-hydrogen) atoms. The minimum absolute atomic E-state index is 0.00562. The molecule has 0 spiro atoms.